The van der Waals surface area contributed by atoms with Gasteiger partial charge in [-0.05, 0) is 32.4 Å². The second-order valence-electron chi connectivity index (χ2n) is 6.34. The number of carbonyl (C=O) groups excluding carboxylic acids is 1. The van der Waals surface area contributed by atoms with Crippen LogP contribution in [0.15, 0.2) is 10.1 Å². The topological polar surface area (TPSA) is 159 Å². The van der Waals surface area contributed by atoms with Crippen molar-refractivity contribution in [2.75, 3.05) is 13.2 Å². The minimum absolute atomic E-state index is 0.0835. The summed E-state index contributed by atoms with van der Waals surface area (Å²) in [6, 6.07) is -2.43. The van der Waals surface area contributed by atoms with Gasteiger partial charge in [0.1, 0.15) is 6.61 Å². The van der Waals surface area contributed by atoms with Crippen molar-refractivity contribution >= 4 is 24.6 Å². The molecule has 0 heterocycles. The van der Waals surface area contributed by atoms with Gasteiger partial charge in [-0.1, -0.05) is 24.4 Å². The first-order chi connectivity index (χ1) is 12.4. The molecule has 10 nitrogen and oxygen atoms in total. The van der Waals surface area contributed by atoms with Crippen molar-refractivity contribution in [2.24, 2.45) is 21.8 Å². The molecule has 1 saturated carbocycles. The van der Waals surface area contributed by atoms with Crippen molar-refractivity contribution in [3.8, 4) is 0 Å². The van der Waals surface area contributed by atoms with Crippen molar-refractivity contribution in [1.29, 1.82) is 0 Å². The van der Waals surface area contributed by atoms with Gasteiger partial charge in [-0.3, -0.25) is 0 Å². The highest BCUT2D eigenvalue weighted by molar-refractivity contribution is 5.87. The van der Waals surface area contributed by atoms with Crippen LogP contribution in [0.2, 0.25) is 0 Å². The maximum Gasteiger partial charge on any atom is 0.328 e. The Kier molecular flexibility index (Phi) is 9.60. The van der Waals surface area contributed by atoms with E-state index >= 15 is 0 Å². The van der Waals surface area contributed by atoms with Crippen LogP contribution < -0.4 is 16.4 Å². The van der Waals surface area contributed by atoms with Gasteiger partial charge >= 0.3 is 12.0 Å². The van der Waals surface area contributed by atoms with Gasteiger partial charge in [-0.15, -0.1) is 0 Å². The molecule has 0 aromatic carbocycles. The molecule has 1 aliphatic carbocycles. The molecule has 0 aromatic rings. The van der Waals surface area contributed by atoms with E-state index in [0.717, 1.165) is 32.1 Å². The van der Waals surface area contributed by atoms with Gasteiger partial charge in [0.25, 0.3) is 0 Å². The number of nitrogens with two attached hydrogens (primary N) is 1. The molecule has 26 heavy (non-hydrogen) atoms. The number of aliphatic carboxylic acids is 1. The minimum Gasteiger partial charge on any atom is -0.480 e. The Balaban J connectivity index is 2.71. The number of hydrogen-bond acceptors (Lipinski definition) is 6. The quantitative estimate of drug-likeness (QED) is 0.219. The number of hydrogen-bond donors (Lipinski definition) is 5. The van der Waals surface area contributed by atoms with E-state index in [-0.39, 0.29) is 30.9 Å². The molecule has 0 spiro atoms. The second-order valence-corrected chi connectivity index (χ2v) is 6.34. The number of aliphatic imine (C=N–C) groups is 1. The van der Waals surface area contributed by atoms with Crippen molar-refractivity contribution in [2.45, 2.75) is 57.2 Å². The highest BCUT2D eigenvalue weighted by Crippen LogP contribution is 2.26. The Bertz CT molecular complexity index is 505. The third-order valence-electron chi connectivity index (χ3n) is 4.36. The number of carboxylic acids is 1. The van der Waals surface area contributed by atoms with Crippen molar-refractivity contribution < 1.29 is 24.6 Å². The lowest BCUT2D eigenvalue weighted by molar-refractivity contribution is -0.141. The first-order valence-corrected chi connectivity index (χ1v) is 8.72. The van der Waals surface area contributed by atoms with Crippen LogP contribution in [0, 0.1) is 5.92 Å². The van der Waals surface area contributed by atoms with Crippen LogP contribution in [-0.2, 0) is 9.63 Å². The number of nitrogens with one attached hydrogen (secondary N) is 2. The molecule has 3 atom stereocenters. The fourth-order valence-electron chi connectivity index (χ4n) is 2.89. The summed E-state index contributed by atoms with van der Waals surface area (Å²) in [5, 5.41) is 27.3. The summed E-state index contributed by atoms with van der Waals surface area (Å²) in [6.07, 6.45) is 3.90. The number of rotatable bonds is 9. The van der Waals surface area contributed by atoms with Gasteiger partial charge in [0.15, 0.2) is 11.9 Å². The SMILES string of the molecule is C=N/C(CN)=N\OCC(NC(=O)NC(C(=O)O)C(C)O)C1CCCCC1. The molecule has 0 aromatic heterocycles. The Morgan fingerprint density at radius 1 is 1.31 bits per heavy atom. The van der Waals surface area contributed by atoms with Crippen LogP contribution in [0.1, 0.15) is 39.0 Å². The van der Waals surface area contributed by atoms with Crippen LogP contribution in [0.5, 0.6) is 0 Å². The summed E-state index contributed by atoms with van der Waals surface area (Å²) in [4.78, 5) is 32.2. The second kappa shape index (κ2) is 11.4. The molecule has 1 fully saturated rings. The van der Waals surface area contributed by atoms with Gasteiger partial charge in [0.2, 0.25) is 0 Å². The summed E-state index contributed by atoms with van der Waals surface area (Å²) in [5.74, 6) is -0.871. The summed E-state index contributed by atoms with van der Waals surface area (Å²) >= 11 is 0. The number of amidine groups is 1. The number of oxime groups is 1. The van der Waals surface area contributed by atoms with Crippen LogP contribution in [0.3, 0.4) is 0 Å². The van der Waals surface area contributed by atoms with E-state index in [0.29, 0.717) is 0 Å². The fraction of sp³-hybridized carbons (Fsp3) is 0.750. The molecule has 10 heteroatoms. The summed E-state index contributed by atoms with van der Waals surface area (Å²) in [5.41, 5.74) is 5.43. The average molecular weight is 371 g/mol. The summed E-state index contributed by atoms with van der Waals surface area (Å²) < 4.78 is 0. The van der Waals surface area contributed by atoms with Gasteiger partial charge in [0.05, 0.1) is 18.7 Å². The van der Waals surface area contributed by atoms with E-state index in [4.69, 9.17) is 15.7 Å². The van der Waals surface area contributed by atoms with Gasteiger partial charge in [0, 0.05) is 0 Å². The number of aliphatic hydroxyl groups excluding tert-OH is 1. The van der Waals surface area contributed by atoms with Crippen LogP contribution in [-0.4, -0.2) is 66.1 Å². The van der Waals surface area contributed by atoms with Crippen LogP contribution in [0.25, 0.3) is 0 Å². The molecule has 1 aliphatic rings. The van der Waals surface area contributed by atoms with Crippen molar-refractivity contribution in [1.82, 2.24) is 10.6 Å². The Morgan fingerprint density at radius 2 is 1.96 bits per heavy atom. The lowest BCUT2D eigenvalue weighted by Gasteiger charge is -2.30. The van der Waals surface area contributed by atoms with E-state index in [1.807, 2.05) is 0 Å². The summed E-state index contributed by atoms with van der Waals surface area (Å²) in [7, 11) is 0. The number of nitrogens with zero attached hydrogens (tertiary/aromatic N) is 2. The maximum absolute atomic E-state index is 12.2. The zero-order chi connectivity index (χ0) is 19.5. The third-order valence-corrected chi connectivity index (χ3v) is 4.36. The fourth-order valence-corrected chi connectivity index (χ4v) is 2.89. The number of amides is 2. The molecule has 2 amide bonds. The molecule has 0 aliphatic heterocycles. The van der Waals surface area contributed by atoms with E-state index in [9.17, 15) is 14.7 Å². The van der Waals surface area contributed by atoms with Crippen molar-refractivity contribution in [3.05, 3.63) is 0 Å². The maximum atomic E-state index is 12.2. The van der Waals surface area contributed by atoms with Crippen LogP contribution >= 0.6 is 0 Å². The molecule has 0 saturated heterocycles. The first kappa shape index (κ1) is 21.8. The normalized spacial score (nSPS) is 19.1. The molecule has 0 bridgehead atoms. The molecule has 1 rings (SSSR count). The predicted octanol–water partition coefficient (Wildman–Crippen LogP) is 0.0579. The van der Waals surface area contributed by atoms with E-state index in [2.05, 4.69) is 27.5 Å². The van der Waals surface area contributed by atoms with E-state index in [1.54, 1.807) is 0 Å². The van der Waals surface area contributed by atoms with Crippen LogP contribution in [0.4, 0.5) is 4.79 Å². The minimum atomic E-state index is -1.39. The van der Waals surface area contributed by atoms with E-state index < -0.39 is 24.1 Å². The molecular weight excluding hydrogens is 342 g/mol. The van der Waals surface area contributed by atoms with Gasteiger partial charge in [-0.2, -0.15) is 0 Å². The number of aliphatic hydroxyl groups is 1. The Morgan fingerprint density at radius 3 is 2.46 bits per heavy atom. The zero-order valence-electron chi connectivity index (χ0n) is 15.1. The first-order valence-electron chi connectivity index (χ1n) is 8.72. The highest BCUT2D eigenvalue weighted by Gasteiger charge is 2.29. The Labute approximate surface area is 152 Å². The Hall–Kier alpha value is -2.20. The standard InChI is InChI=1S/C16H29N5O5/c1-10(22)14(15(23)24)20-16(25)19-12(11-6-4-3-5-7-11)9-26-21-13(8-17)18-2/h10-12,14,22H,2-9,17H2,1H3,(H,23,24)(H2,19,20,25)/b21-13-. The molecule has 148 valence electrons. The average Bonchev–Trinajstić information content (AvgIpc) is 2.62. The highest BCUT2D eigenvalue weighted by atomic mass is 16.6. The molecular formula is C16H29N5O5. The van der Waals surface area contributed by atoms with Gasteiger partial charge < -0.3 is 31.4 Å². The number of carboxylic acid groups (broad SMARTS) is 1. The lowest BCUT2D eigenvalue weighted by atomic mass is 9.84. The predicted molar refractivity (Wildman–Crippen MR) is 97.1 cm³/mol. The third kappa shape index (κ3) is 7.36. The molecule has 3 unspecified atom stereocenters. The number of urea groups is 1. The van der Waals surface area contributed by atoms with Gasteiger partial charge in [-0.25, -0.2) is 14.6 Å². The smallest absolute Gasteiger partial charge is 0.328 e. The summed E-state index contributed by atoms with van der Waals surface area (Å²) in [6.45, 7) is 4.82. The molecule has 6 N–H and O–H groups in total. The monoisotopic (exact) mass is 371 g/mol. The zero-order valence-corrected chi connectivity index (χ0v) is 15.1. The largest absolute Gasteiger partial charge is 0.480 e. The lowest BCUT2D eigenvalue weighted by Crippen LogP contribution is -2.55. The molecule has 0 radical (unpaired) electrons. The van der Waals surface area contributed by atoms with E-state index in [1.165, 1.54) is 6.92 Å². The van der Waals surface area contributed by atoms with Crippen molar-refractivity contribution in [3.63, 3.8) is 0 Å². The number of carbonyl (C=O) groups is 2.